The molecule has 1 aromatic rings. The zero-order chi connectivity index (χ0) is 13.7. The molecule has 5 nitrogen and oxygen atoms in total. The highest BCUT2D eigenvalue weighted by Gasteiger charge is 2.13. The molecule has 0 aliphatic carbocycles. The van der Waals surface area contributed by atoms with Crippen LogP contribution in [0.4, 0.5) is 0 Å². The first-order valence-corrected chi connectivity index (χ1v) is 6.47. The van der Waals surface area contributed by atoms with Gasteiger partial charge in [-0.05, 0) is 44.1 Å². The van der Waals surface area contributed by atoms with E-state index in [1.54, 1.807) is 6.07 Å². The Balaban J connectivity index is 0.00000200. The first kappa shape index (κ1) is 16.6. The Morgan fingerprint density at radius 2 is 2.00 bits per heavy atom. The molecule has 0 aromatic heterocycles. The lowest BCUT2D eigenvalue weighted by Crippen LogP contribution is -2.25. The standard InChI is InChI=1S/C14H19NO4.ClH/c1-18-13-10-11(14(16)17)4-5-12(13)19-9-8-15-6-2-3-7-15;/h4-5,10H,2-3,6-9H2,1H3,(H,16,17);1H. The van der Waals surface area contributed by atoms with Gasteiger partial charge in [0.2, 0.25) is 0 Å². The third-order valence-corrected chi connectivity index (χ3v) is 3.27. The average Bonchev–Trinajstić information content (AvgIpc) is 2.92. The van der Waals surface area contributed by atoms with Crippen LogP contribution in [0.15, 0.2) is 18.2 Å². The van der Waals surface area contributed by atoms with Gasteiger partial charge in [-0.1, -0.05) is 0 Å². The van der Waals surface area contributed by atoms with E-state index in [9.17, 15) is 4.79 Å². The largest absolute Gasteiger partial charge is 0.493 e. The molecular weight excluding hydrogens is 282 g/mol. The van der Waals surface area contributed by atoms with Crippen molar-refractivity contribution in [2.24, 2.45) is 0 Å². The maximum absolute atomic E-state index is 10.9. The zero-order valence-electron chi connectivity index (χ0n) is 11.5. The van der Waals surface area contributed by atoms with Crippen LogP contribution < -0.4 is 9.47 Å². The molecule has 0 spiro atoms. The zero-order valence-corrected chi connectivity index (χ0v) is 12.3. The number of carbonyl (C=O) groups is 1. The van der Waals surface area contributed by atoms with Crippen LogP contribution in [0.1, 0.15) is 23.2 Å². The van der Waals surface area contributed by atoms with Crippen molar-refractivity contribution in [2.45, 2.75) is 12.8 Å². The van der Waals surface area contributed by atoms with Crippen molar-refractivity contribution in [3.05, 3.63) is 23.8 Å². The van der Waals surface area contributed by atoms with Crippen molar-refractivity contribution in [1.29, 1.82) is 0 Å². The fraction of sp³-hybridized carbons (Fsp3) is 0.500. The second-order valence-electron chi connectivity index (χ2n) is 4.57. The minimum atomic E-state index is -0.970. The fourth-order valence-electron chi connectivity index (χ4n) is 2.21. The van der Waals surface area contributed by atoms with E-state index in [-0.39, 0.29) is 18.0 Å². The molecule has 0 amide bonds. The summed E-state index contributed by atoms with van der Waals surface area (Å²) in [7, 11) is 1.51. The van der Waals surface area contributed by atoms with Gasteiger partial charge in [0.15, 0.2) is 11.5 Å². The number of hydrogen-bond acceptors (Lipinski definition) is 4. The summed E-state index contributed by atoms with van der Waals surface area (Å²) in [4.78, 5) is 13.2. The number of aromatic carboxylic acids is 1. The molecule has 1 aromatic carbocycles. The van der Waals surface area contributed by atoms with Crippen molar-refractivity contribution < 1.29 is 19.4 Å². The maximum atomic E-state index is 10.9. The van der Waals surface area contributed by atoms with Crippen molar-refractivity contribution in [1.82, 2.24) is 4.90 Å². The Hall–Kier alpha value is -1.46. The number of methoxy groups -OCH3 is 1. The van der Waals surface area contributed by atoms with Crippen molar-refractivity contribution in [3.63, 3.8) is 0 Å². The highest BCUT2D eigenvalue weighted by molar-refractivity contribution is 5.88. The van der Waals surface area contributed by atoms with Crippen LogP contribution in [-0.2, 0) is 0 Å². The number of likely N-dealkylation sites (tertiary alicyclic amines) is 1. The molecule has 6 heteroatoms. The van der Waals surface area contributed by atoms with Gasteiger partial charge in [-0.2, -0.15) is 0 Å². The summed E-state index contributed by atoms with van der Waals surface area (Å²) in [6.07, 6.45) is 2.52. The molecule has 0 unspecified atom stereocenters. The number of benzene rings is 1. The van der Waals surface area contributed by atoms with Gasteiger partial charge in [0.05, 0.1) is 12.7 Å². The number of carboxylic acid groups (broad SMARTS) is 1. The predicted molar refractivity (Wildman–Crippen MR) is 78.4 cm³/mol. The molecule has 0 saturated carbocycles. The summed E-state index contributed by atoms with van der Waals surface area (Å²) in [6, 6.07) is 4.65. The highest BCUT2D eigenvalue weighted by atomic mass is 35.5. The SMILES string of the molecule is COc1cc(C(=O)O)ccc1OCCN1CCCC1.Cl. The summed E-state index contributed by atoms with van der Waals surface area (Å²) in [6.45, 7) is 3.75. The summed E-state index contributed by atoms with van der Waals surface area (Å²) in [5.41, 5.74) is 0.198. The molecular formula is C14H20ClNO4. The smallest absolute Gasteiger partial charge is 0.335 e. The normalized spacial score (nSPS) is 14.7. The third-order valence-electron chi connectivity index (χ3n) is 3.27. The summed E-state index contributed by atoms with van der Waals surface area (Å²) in [5, 5.41) is 8.91. The fourth-order valence-corrected chi connectivity index (χ4v) is 2.21. The Kier molecular flexibility index (Phi) is 6.61. The van der Waals surface area contributed by atoms with Gasteiger partial charge >= 0.3 is 5.97 Å². The third kappa shape index (κ3) is 4.28. The van der Waals surface area contributed by atoms with Crippen molar-refractivity contribution in [2.75, 3.05) is 33.4 Å². The Bertz CT molecular complexity index is 447. The van der Waals surface area contributed by atoms with E-state index >= 15 is 0 Å². The number of hydrogen-bond donors (Lipinski definition) is 1. The minimum absolute atomic E-state index is 0. The van der Waals surface area contributed by atoms with E-state index in [0.29, 0.717) is 18.1 Å². The molecule has 2 rings (SSSR count). The molecule has 1 aliphatic heterocycles. The Morgan fingerprint density at radius 3 is 2.60 bits per heavy atom. The molecule has 0 radical (unpaired) electrons. The Morgan fingerprint density at radius 1 is 1.30 bits per heavy atom. The first-order valence-electron chi connectivity index (χ1n) is 6.47. The molecule has 1 saturated heterocycles. The highest BCUT2D eigenvalue weighted by Crippen LogP contribution is 2.28. The lowest BCUT2D eigenvalue weighted by Gasteiger charge is -2.16. The van der Waals surface area contributed by atoms with E-state index in [0.717, 1.165) is 19.6 Å². The molecule has 0 bridgehead atoms. The number of carboxylic acids is 1. The quantitative estimate of drug-likeness (QED) is 0.873. The van der Waals surface area contributed by atoms with Crippen LogP contribution in [0, 0.1) is 0 Å². The van der Waals surface area contributed by atoms with Crippen molar-refractivity contribution in [3.8, 4) is 11.5 Å². The van der Waals surface area contributed by atoms with Gasteiger partial charge in [0.1, 0.15) is 6.61 Å². The van der Waals surface area contributed by atoms with Gasteiger partial charge in [-0.3, -0.25) is 4.90 Å². The minimum Gasteiger partial charge on any atom is -0.493 e. The topological polar surface area (TPSA) is 59.0 Å². The van der Waals surface area contributed by atoms with Crippen LogP contribution >= 0.6 is 12.4 Å². The molecule has 1 N–H and O–H groups in total. The van der Waals surface area contributed by atoms with Crippen LogP contribution in [0.2, 0.25) is 0 Å². The van der Waals surface area contributed by atoms with Gasteiger partial charge in [0, 0.05) is 6.54 Å². The van der Waals surface area contributed by atoms with Gasteiger partial charge in [-0.15, -0.1) is 12.4 Å². The first-order chi connectivity index (χ1) is 9.20. The lowest BCUT2D eigenvalue weighted by molar-refractivity contribution is 0.0696. The van der Waals surface area contributed by atoms with E-state index in [4.69, 9.17) is 14.6 Å². The van der Waals surface area contributed by atoms with Gasteiger partial charge in [-0.25, -0.2) is 4.79 Å². The predicted octanol–water partition coefficient (Wildman–Crippen LogP) is 2.29. The van der Waals surface area contributed by atoms with Crippen molar-refractivity contribution >= 4 is 18.4 Å². The van der Waals surface area contributed by atoms with Crippen LogP contribution in [0.5, 0.6) is 11.5 Å². The van der Waals surface area contributed by atoms with Crippen LogP contribution in [0.25, 0.3) is 0 Å². The molecule has 0 atom stereocenters. The van der Waals surface area contributed by atoms with E-state index < -0.39 is 5.97 Å². The lowest BCUT2D eigenvalue weighted by atomic mass is 10.2. The van der Waals surface area contributed by atoms with Gasteiger partial charge < -0.3 is 14.6 Å². The average molecular weight is 302 g/mol. The molecule has 112 valence electrons. The van der Waals surface area contributed by atoms with Gasteiger partial charge in [0.25, 0.3) is 0 Å². The van der Waals surface area contributed by atoms with E-state index in [1.165, 1.54) is 32.1 Å². The second kappa shape index (κ2) is 7.97. The van der Waals surface area contributed by atoms with E-state index in [1.807, 2.05) is 0 Å². The van der Waals surface area contributed by atoms with Crippen LogP contribution in [0.3, 0.4) is 0 Å². The van der Waals surface area contributed by atoms with E-state index in [2.05, 4.69) is 4.90 Å². The summed E-state index contributed by atoms with van der Waals surface area (Å²) in [5.74, 6) is 0.0786. The maximum Gasteiger partial charge on any atom is 0.335 e. The number of halogens is 1. The van der Waals surface area contributed by atoms with Crippen LogP contribution in [-0.4, -0.2) is 49.3 Å². The Labute approximate surface area is 124 Å². The second-order valence-corrected chi connectivity index (χ2v) is 4.57. The molecule has 1 heterocycles. The summed E-state index contributed by atoms with van der Waals surface area (Å²) < 4.78 is 10.8. The molecule has 1 aliphatic rings. The number of ether oxygens (including phenoxy) is 2. The number of nitrogens with zero attached hydrogens (tertiary/aromatic N) is 1. The molecule has 20 heavy (non-hydrogen) atoms. The molecule has 1 fully saturated rings. The monoisotopic (exact) mass is 301 g/mol. The summed E-state index contributed by atoms with van der Waals surface area (Å²) >= 11 is 0. The number of rotatable bonds is 6.